The number of hydrogen-bond donors (Lipinski definition) is 1. The zero-order chi connectivity index (χ0) is 15.4. The van der Waals surface area contributed by atoms with E-state index in [2.05, 4.69) is 31.2 Å². The highest BCUT2D eigenvalue weighted by Crippen LogP contribution is 2.18. The van der Waals surface area contributed by atoms with E-state index in [1.54, 1.807) is 0 Å². The molecular weight excluding hydrogens is 274 g/mol. The molecule has 0 amide bonds. The molecule has 0 radical (unpaired) electrons. The average Bonchev–Trinajstić information content (AvgIpc) is 2.53. The third kappa shape index (κ3) is 3.72. The van der Waals surface area contributed by atoms with Crippen LogP contribution in [0.5, 0.6) is 0 Å². The van der Waals surface area contributed by atoms with Crippen molar-refractivity contribution < 1.29 is 0 Å². The van der Waals surface area contributed by atoms with Crippen molar-refractivity contribution in [2.24, 2.45) is 0 Å². The molecule has 1 saturated heterocycles. The van der Waals surface area contributed by atoms with Gasteiger partial charge in [-0.1, -0.05) is 0 Å². The molecular formula is C17H23N5. The molecule has 1 N–H and O–H groups in total. The van der Waals surface area contributed by atoms with Crippen molar-refractivity contribution in [3.8, 4) is 0 Å². The zero-order valence-corrected chi connectivity index (χ0v) is 13.3. The fraction of sp³-hybridized carbons (Fsp3) is 0.471. The Morgan fingerprint density at radius 2 is 1.77 bits per heavy atom. The second kappa shape index (κ2) is 6.73. The first kappa shape index (κ1) is 14.8. The van der Waals surface area contributed by atoms with Crippen molar-refractivity contribution in [1.29, 1.82) is 0 Å². The minimum Gasteiger partial charge on any atom is -0.357 e. The fourth-order valence-electron chi connectivity index (χ4n) is 2.85. The standard InChI is InChI=1S/C17H23N5/c1-13-10-14(2)21-17(20-13)19-12-15-6-7-18-16(11-15)22-8-4-3-5-9-22/h6-7,10-11H,3-5,8-9,12H2,1-2H3,(H,19,20,21). The maximum Gasteiger partial charge on any atom is 0.223 e. The molecule has 0 spiro atoms. The van der Waals surface area contributed by atoms with Crippen LogP contribution >= 0.6 is 0 Å². The van der Waals surface area contributed by atoms with Crippen LogP contribution in [0.25, 0.3) is 0 Å². The van der Waals surface area contributed by atoms with Gasteiger partial charge in [-0.2, -0.15) is 0 Å². The smallest absolute Gasteiger partial charge is 0.223 e. The second-order valence-corrected chi connectivity index (χ2v) is 5.90. The summed E-state index contributed by atoms with van der Waals surface area (Å²) in [5.41, 5.74) is 3.18. The van der Waals surface area contributed by atoms with Gasteiger partial charge in [-0.05, 0) is 56.9 Å². The highest BCUT2D eigenvalue weighted by atomic mass is 15.2. The molecule has 0 atom stereocenters. The maximum absolute atomic E-state index is 4.51. The highest BCUT2D eigenvalue weighted by Gasteiger charge is 2.12. The van der Waals surface area contributed by atoms with Crippen LogP contribution in [0.15, 0.2) is 24.4 Å². The second-order valence-electron chi connectivity index (χ2n) is 5.90. The molecule has 1 aliphatic rings. The van der Waals surface area contributed by atoms with Crippen molar-refractivity contribution in [1.82, 2.24) is 15.0 Å². The van der Waals surface area contributed by atoms with E-state index < -0.39 is 0 Å². The van der Waals surface area contributed by atoms with E-state index in [0.29, 0.717) is 12.5 Å². The van der Waals surface area contributed by atoms with Crippen molar-refractivity contribution in [2.75, 3.05) is 23.3 Å². The predicted octanol–water partition coefficient (Wildman–Crippen LogP) is 3.09. The molecule has 2 aromatic heterocycles. The van der Waals surface area contributed by atoms with Gasteiger partial charge in [-0.15, -0.1) is 0 Å². The summed E-state index contributed by atoms with van der Waals surface area (Å²) in [7, 11) is 0. The van der Waals surface area contributed by atoms with E-state index in [-0.39, 0.29) is 0 Å². The topological polar surface area (TPSA) is 53.9 Å². The summed E-state index contributed by atoms with van der Waals surface area (Å²) in [6.45, 7) is 6.92. The number of aryl methyl sites for hydroxylation is 2. The number of rotatable bonds is 4. The lowest BCUT2D eigenvalue weighted by atomic mass is 10.1. The molecule has 0 aliphatic carbocycles. The molecule has 1 aliphatic heterocycles. The van der Waals surface area contributed by atoms with E-state index in [1.807, 2.05) is 32.2 Å². The van der Waals surface area contributed by atoms with Crippen molar-refractivity contribution in [3.63, 3.8) is 0 Å². The summed E-state index contributed by atoms with van der Waals surface area (Å²) < 4.78 is 0. The zero-order valence-electron chi connectivity index (χ0n) is 13.3. The fourth-order valence-corrected chi connectivity index (χ4v) is 2.85. The van der Waals surface area contributed by atoms with Crippen LogP contribution in [0.3, 0.4) is 0 Å². The Morgan fingerprint density at radius 1 is 1.05 bits per heavy atom. The molecule has 0 bridgehead atoms. The quantitative estimate of drug-likeness (QED) is 0.940. The number of hydrogen-bond acceptors (Lipinski definition) is 5. The summed E-state index contributed by atoms with van der Waals surface area (Å²) >= 11 is 0. The van der Waals surface area contributed by atoms with Gasteiger partial charge in [-0.3, -0.25) is 0 Å². The Labute approximate surface area is 131 Å². The largest absolute Gasteiger partial charge is 0.357 e. The normalized spacial score (nSPS) is 14.9. The van der Waals surface area contributed by atoms with E-state index in [1.165, 1.54) is 24.8 Å². The first-order valence-electron chi connectivity index (χ1n) is 7.97. The summed E-state index contributed by atoms with van der Waals surface area (Å²) in [4.78, 5) is 15.7. The molecule has 3 heterocycles. The number of nitrogens with one attached hydrogen (secondary N) is 1. The lowest BCUT2D eigenvalue weighted by Gasteiger charge is -2.27. The van der Waals surface area contributed by atoms with Crippen LogP contribution in [-0.2, 0) is 6.54 Å². The number of nitrogens with zero attached hydrogens (tertiary/aromatic N) is 4. The van der Waals surface area contributed by atoms with Gasteiger partial charge in [0.05, 0.1) is 0 Å². The van der Waals surface area contributed by atoms with Gasteiger partial charge in [0.25, 0.3) is 0 Å². The minimum absolute atomic E-state index is 0.689. The van der Waals surface area contributed by atoms with Gasteiger partial charge in [0, 0.05) is 37.2 Å². The molecule has 116 valence electrons. The highest BCUT2D eigenvalue weighted by molar-refractivity contribution is 5.42. The third-order valence-electron chi connectivity index (χ3n) is 3.92. The Morgan fingerprint density at radius 3 is 2.50 bits per heavy atom. The van der Waals surface area contributed by atoms with Crippen LogP contribution in [0.2, 0.25) is 0 Å². The molecule has 3 rings (SSSR count). The summed E-state index contributed by atoms with van der Waals surface area (Å²) in [6.07, 6.45) is 5.76. The van der Waals surface area contributed by atoms with Crippen LogP contribution < -0.4 is 10.2 Å². The molecule has 1 fully saturated rings. The molecule has 5 heteroatoms. The SMILES string of the molecule is Cc1cc(C)nc(NCc2ccnc(N3CCCCC3)c2)n1. The first-order chi connectivity index (χ1) is 10.7. The van der Waals surface area contributed by atoms with E-state index in [0.717, 1.165) is 30.3 Å². The number of pyridine rings is 1. The monoisotopic (exact) mass is 297 g/mol. The maximum atomic E-state index is 4.51. The van der Waals surface area contributed by atoms with Gasteiger partial charge in [0.1, 0.15) is 5.82 Å². The molecule has 0 unspecified atom stereocenters. The average molecular weight is 297 g/mol. The van der Waals surface area contributed by atoms with Gasteiger partial charge >= 0.3 is 0 Å². The Bertz CT molecular complexity index is 614. The molecule has 22 heavy (non-hydrogen) atoms. The van der Waals surface area contributed by atoms with Crippen LogP contribution in [0.1, 0.15) is 36.2 Å². The van der Waals surface area contributed by atoms with Gasteiger partial charge < -0.3 is 10.2 Å². The first-order valence-corrected chi connectivity index (χ1v) is 7.97. The molecule has 0 saturated carbocycles. The minimum atomic E-state index is 0.689. The molecule has 2 aromatic rings. The van der Waals surface area contributed by atoms with Crippen LogP contribution in [0.4, 0.5) is 11.8 Å². The van der Waals surface area contributed by atoms with Gasteiger partial charge in [0.15, 0.2) is 0 Å². The Hall–Kier alpha value is -2.17. The van der Waals surface area contributed by atoms with Crippen molar-refractivity contribution in [2.45, 2.75) is 39.7 Å². The van der Waals surface area contributed by atoms with Crippen LogP contribution in [-0.4, -0.2) is 28.0 Å². The van der Waals surface area contributed by atoms with Crippen molar-refractivity contribution in [3.05, 3.63) is 41.3 Å². The Balaban J connectivity index is 1.67. The number of anilines is 2. The molecule has 5 nitrogen and oxygen atoms in total. The van der Waals surface area contributed by atoms with Gasteiger partial charge in [0.2, 0.25) is 5.95 Å². The number of aromatic nitrogens is 3. The van der Waals surface area contributed by atoms with Gasteiger partial charge in [-0.25, -0.2) is 15.0 Å². The predicted molar refractivity (Wildman–Crippen MR) is 89.1 cm³/mol. The van der Waals surface area contributed by atoms with E-state index in [9.17, 15) is 0 Å². The summed E-state index contributed by atoms with van der Waals surface area (Å²) in [5.74, 6) is 1.77. The molecule has 0 aromatic carbocycles. The van der Waals surface area contributed by atoms with Crippen LogP contribution in [0, 0.1) is 13.8 Å². The Kier molecular flexibility index (Phi) is 4.51. The van der Waals surface area contributed by atoms with Crippen molar-refractivity contribution >= 4 is 11.8 Å². The lowest BCUT2D eigenvalue weighted by molar-refractivity contribution is 0.573. The third-order valence-corrected chi connectivity index (χ3v) is 3.92. The van der Waals surface area contributed by atoms with E-state index >= 15 is 0 Å². The lowest BCUT2D eigenvalue weighted by Crippen LogP contribution is -2.30. The summed E-state index contributed by atoms with van der Waals surface area (Å²) in [5, 5.41) is 3.30. The summed E-state index contributed by atoms with van der Waals surface area (Å²) in [6, 6.07) is 6.19. The number of piperidine rings is 1. The van der Waals surface area contributed by atoms with E-state index in [4.69, 9.17) is 0 Å².